The number of imidazole rings is 1. The second-order valence-electron chi connectivity index (χ2n) is 4.05. The van der Waals surface area contributed by atoms with Crippen LogP contribution in [0.5, 0.6) is 0 Å². The number of aromatic nitrogens is 2. The van der Waals surface area contributed by atoms with Crippen molar-refractivity contribution in [2.24, 2.45) is 7.05 Å². The van der Waals surface area contributed by atoms with Crippen molar-refractivity contribution in [3.05, 3.63) is 54.1 Å². The maximum Gasteiger partial charge on any atom is 0.0945 e. The van der Waals surface area contributed by atoms with Crippen LogP contribution in [-0.2, 0) is 13.6 Å². The Morgan fingerprint density at radius 3 is 2.76 bits per heavy atom. The first-order valence-corrected chi connectivity index (χ1v) is 5.66. The normalized spacial score (nSPS) is 12.6. The molecule has 4 heteroatoms. The van der Waals surface area contributed by atoms with Crippen LogP contribution in [0.15, 0.2) is 42.9 Å². The van der Waals surface area contributed by atoms with Crippen LogP contribution in [0.4, 0.5) is 0 Å². The van der Waals surface area contributed by atoms with Crippen molar-refractivity contribution in [1.82, 2.24) is 14.9 Å². The van der Waals surface area contributed by atoms with Crippen molar-refractivity contribution in [2.45, 2.75) is 12.6 Å². The lowest BCUT2D eigenvalue weighted by atomic mass is 10.1. The van der Waals surface area contributed by atoms with Crippen LogP contribution in [0.2, 0.25) is 0 Å². The van der Waals surface area contributed by atoms with Gasteiger partial charge in [0.05, 0.1) is 18.1 Å². The number of rotatable bonds is 5. The van der Waals surface area contributed by atoms with E-state index in [0.717, 1.165) is 11.3 Å². The molecule has 2 rings (SSSR count). The summed E-state index contributed by atoms with van der Waals surface area (Å²) in [5.41, 5.74) is 2.04. The summed E-state index contributed by atoms with van der Waals surface area (Å²) in [6, 6.07) is 9.66. The van der Waals surface area contributed by atoms with Gasteiger partial charge in [-0.25, -0.2) is 4.98 Å². The Morgan fingerprint density at radius 1 is 1.35 bits per heavy atom. The van der Waals surface area contributed by atoms with Gasteiger partial charge in [-0.2, -0.15) is 0 Å². The van der Waals surface area contributed by atoms with E-state index in [9.17, 15) is 5.11 Å². The molecule has 0 aliphatic heterocycles. The fraction of sp³-hybridized carbons (Fsp3) is 0.308. The van der Waals surface area contributed by atoms with Crippen molar-refractivity contribution in [1.29, 1.82) is 0 Å². The number of hydrogen-bond donors (Lipinski definition) is 2. The third kappa shape index (κ3) is 3.15. The van der Waals surface area contributed by atoms with Gasteiger partial charge >= 0.3 is 0 Å². The molecule has 1 aromatic carbocycles. The largest absolute Gasteiger partial charge is 0.387 e. The maximum atomic E-state index is 9.93. The highest BCUT2D eigenvalue weighted by atomic mass is 16.3. The lowest BCUT2D eigenvalue weighted by Gasteiger charge is -2.12. The molecule has 0 aliphatic rings. The van der Waals surface area contributed by atoms with E-state index >= 15 is 0 Å². The van der Waals surface area contributed by atoms with Crippen molar-refractivity contribution < 1.29 is 5.11 Å². The first-order valence-electron chi connectivity index (χ1n) is 5.66. The lowest BCUT2D eigenvalue weighted by Crippen LogP contribution is -2.22. The molecular formula is C13H17N3O. The van der Waals surface area contributed by atoms with Crippen molar-refractivity contribution >= 4 is 0 Å². The third-order valence-corrected chi connectivity index (χ3v) is 2.74. The molecule has 0 amide bonds. The molecule has 0 fully saturated rings. The van der Waals surface area contributed by atoms with E-state index < -0.39 is 6.10 Å². The van der Waals surface area contributed by atoms with Crippen molar-refractivity contribution in [3.8, 4) is 0 Å². The van der Waals surface area contributed by atoms with E-state index in [0.29, 0.717) is 13.1 Å². The highest BCUT2D eigenvalue weighted by Crippen LogP contribution is 2.10. The van der Waals surface area contributed by atoms with Crippen LogP contribution in [0.25, 0.3) is 0 Å². The van der Waals surface area contributed by atoms with E-state index in [1.807, 2.05) is 48.1 Å². The van der Waals surface area contributed by atoms with Gasteiger partial charge in [-0.05, 0) is 5.56 Å². The molecule has 1 atom stereocenters. The van der Waals surface area contributed by atoms with Gasteiger partial charge in [0.25, 0.3) is 0 Å². The summed E-state index contributed by atoms with van der Waals surface area (Å²) in [7, 11) is 1.96. The summed E-state index contributed by atoms with van der Waals surface area (Å²) in [6.45, 7) is 1.25. The summed E-state index contributed by atoms with van der Waals surface area (Å²) >= 11 is 0. The van der Waals surface area contributed by atoms with Gasteiger partial charge in [-0.1, -0.05) is 30.3 Å². The third-order valence-electron chi connectivity index (χ3n) is 2.74. The fourth-order valence-corrected chi connectivity index (χ4v) is 1.68. The molecule has 4 nitrogen and oxygen atoms in total. The van der Waals surface area contributed by atoms with Crippen LogP contribution in [0.1, 0.15) is 17.4 Å². The molecule has 90 valence electrons. The number of benzene rings is 1. The Labute approximate surface area is 101 Å². The molecule has 0 radical (unpaired) electrons. The van der Waals surface area contributed by atoms with E-state index in [1.54, 1.807) is 6.33 Å². The molecule has 0 bridgehead atoms. The van der Waals surface area contributed by atoms with Gasteiger partial charge in [0.1, 0.15) is 0 Å². The average Bonchev–Trinajstić information content (AvgIpc) is 2.76. The first kappa shape index (κ1) is 11.8. The smallest absolute Gasteiger partial charge is 0.0945 e. The Morgan fingerprint density at radius 2 is 2.12 bits per heavy atom. The second-order valence-corrected chi connectivity index (χ2v) is 4.05. The predicted octanol–water partition coefficient (Wildman–Crippen LogP) is 1.24. The molecule has 2 N–H and O–H groups in total. The molecule has 0 saturated heterocycles. The molecule has 17 heavy (non-hydrogen) atoms. The van der Waals surface area contributed by atoms with Gasteiger partial charge < -0.3 is 15.0 Å². The lowest BCUT2D eigenvalue weighted by molar-refractivity contribution is 0.174. The molecule has 0 spiro atoms. The number of aliphatic hydroxyl groups excluding tert-OH is 1. The fourth-order valence-electron chi connectivity index (χ4n) is 1.68. The van der Waals surface area contributed by atoms with E-state index in [-0.39, 0.29) is 0 Å². The molecule has 0 aliphatic carbocycles. The standard InChI is InChI=1S/C13H17N3O/c1-16-10-15-8-12(16)7-14-9-13(17)11-5-3-2-4-6-11/h2-6,8,10,13-14,17H,7,9H2,1H3. The van der Waals surface area contributed by atoms with E-state index in [1.165, 1.54) is 0 Å². The molecule has 0 saturated carbocycles. The minimum atomic E-state index is -0.468. The molecule has 1 heterocycles. The summed E-state index contributed by atoms with van der Waals surface area (Å²) in [5.74, 6) is 0. The minimum Gasteiger partial charge on any atom is -0.387 e. The van der Waals surface area contributed by atoms with Crippen molar-refractivity contribution in [3.63, 3.8) is 0 Å². The van der Waals surface area contributed by atoms with Gasteiger partial charge in [-0.3, -0.25) is 0 Å². The summed E-state index contributed by atoms with van der Waals surface area (Å²) in [6.07, 6.45) is 3.12. The summed E-state index contributed by atoms with van der Waals surface area (Å²) in [4.78, 5) is 4.04. The molecule has 1 unspecified atom stereocenters. The average molecular weight is 231 g/mol. The zero-order valence-corrected chi connectivity index (χ0v) is 9.87. The Balaban J connectivity index is 1.81. The molecule has 2 aromatic rings. The summed E-state index contributed by atoms with van der Waals surface area (Å²) < 4.78 is 1.96. The predicted molar refractivity (Wildman–Crippen MR) is 66.3 cm³/mol. The number of hydrogen-bond acceptors (Lipinski definition) is 3. The first-order chi connectivity index (χ1) is 8.27. The van der Waals surface area contributed by atoms with Gasteiger partial charge in [0, 0.05) is 26.3 Å². The van der Waals surface area contributed by atoms with Gasteiger partial charge in [0.15, 0.2) is 0 Å². The SMILES string of the molecule is Cn1cncc1CNCC(O)c1ccccc1. The van der Waals surface area contributed by atoms with Crippen molar-refractivity contribution in [2.75, 3.05) is 6.54 Å². The van der Waals surface area contributed by atoms with Crippen LogP contribution >= 0.6 is 0 Å². The number of aliphatic hydroxyl groups is 1. The Hall–Kier alpha value is -1.65. The highest BCUT2D eigenvalue weighted by molar-refractivity contribution is 5.17. The quantitative estimate of drug-likeness (QED) is 0.814. The van der Waals surface area contributed by atoms with Crippen LogP contribution in [0, 0.1) is 0 Å². The zero-order valence-electron chi connectivity index (χ0n) is 9.87. The van der Waals surface area contributed by atoms with E-state index in [2.05, 4.69) is 10.3 Å². The van der Waals surface area contributed by atoms with Crippen LogP contribution in [-0.4, -0.2) is 21.2 Å². The molecule has 1 aromatic heterocycles. The number of nitrogens with zero attached hydrogens (tertiary/aromatic N) is 2. The summed E-state index contributed by atoms with van der Waals surface area (Å²) in [5, 5.41) is 13.1. The number of aryl methyl sites for hydroxylation is 1. The minimum absolute atomic E-state index is 0.468. The monoisotopic (exact) mass is 231 g/mol. The van der Waals surface area contributed by atoms with Gasteiger partial charge in [0.2, 0.25) is 0 Å². The zero-order chi connectivity index (χ0) is 12.1. The maximum absolute atomic E-state index is 9.93. The topological polar surface area (TPSA) is 50.1 Å². The Kier molecular flexibility index (Phi) is 3.90. The second kappa shape index (κ2) is 5.61. The van der Waals surface area contributed by atoms with Gasteiger partial charge in [-0.15, -0.1) is 0 Å². The molecular weight excluding hydrogens is 214 g/mol. The van der Waals surface area contributed by atoms with Crippen LogP contribution < -0.4 is 5.32 Å². The Bertz CT molecular complexity index is 453. The number of nitrogens with one attached hydrogen (secondary N) is 1. The van der Waals surface area contributed by atoms with E-state index in [4.69, 9.17) is 0 Å². The highest BCUT2D eigenvalue weighted by Gasteiger charge is 2.06. The van der Waals surface area contributed by atoms with Crippen LogP contribution in [0.3, 0.4) is 0 Å².